The van der Waals surface area contributed by atoms with E-state index in [1.54, 1.807) is 11.3 Å². The molecule has 0 bridgehead atoms. The summed E-state index contributed by atoms with van der Waals surface area (Å²) in [4.78, 5) is 18.7. The first-order valence-electron chi connectivity index (χ1n) is 7.14. The van der Waals surface area contributed by atoms with Crippen LogP contribution in [0.4, 0.5) is 5.82 Å². The molecule has 0 spiro atoms. The van der Waals surface area contributed by atoms with Gasteiger partial charge in [0.15, 0.2) is 0 Å². The smallest absolute Gasteiger partial charge is 0.355 e. The van der Waals surface area contributed by atoms with E-state index in [4.69, 9.17) is 5.73 Å². The average Bonchev–Trinajstić information content (AvgIpc) is 2.86. The summed E-state index contributed by atoms with van der Waals surface area (Å²) < 4.78 is 1.52. The number of benzene rings is 1. The van der Waals surface area contributed by atoms with E-state index < -0.39 is 0 Å². The maximum atomic E-state index is 12.3. The SMILES string of the molecule is Nc1c2c3c(sc2nc(=O)n1-c1ccccc1)CCCC3. The number of nitrogens with two attached hydrogens (primary N) is 1. The van der Waals surface area contributed by atoms with Crippen LogP contribution in [0.5, 0.6) is 0 Å². The van der Waals surface area contributed by atoms with Gasteiger partial charge in [-0.25, -0.2) is 9.36 Å². The van der Waals surface area contributed by atoms with Crippen molar-refractivity contribution in [2.75, 3.05) is 5.73 Å². The average molecular weight is 297 g/mol. The molecule has 2 heterocycles. The van der Waals surface area contributed by atoms with E-state index >= 15 is 0 Å². The minimum atomic E-state index is -0.301. The Morgan fingerprint density at radius 2 is 1.90 bits per heavy atom. The Morgan fingerprint density at radius 1 is 1.14 bits per heavy atom. The molecule has 0 fully saturated rings. The fourth-order valence-corrected chi connectivity index (χ4v) is 4.33. The lowest BCUT2D eigenvalue weighted by molar-refractivity contribution is 0.700. The van der Waals surface area contributed by atoms with Crippen molar-refractivity contribution in [2.24, 2.45) is 0 Å². The molecule has 2 aromatic heterocycles. The summed E-state index contributed by atoms with van der Waals surface area (Å²) in [5, 5.41) is 0.984. The number of nitrogens with zero attached hydrogens (tertiary/aromatic N) is 2. The molecular formula is C16H15N3OS. The zero-order valence-corrected chi connectivity index (χ0v) is 12.3. The van der Waals surface area contributed by atoms with Crippen LogP contribution in [-0.2, 0) is 12.8 Å². The molecule has 0 saturated carbocycles. The first kappa shape index (κ1) is 12.6. The molecule has 3 aromatic rings. The molecule has 0 radical (unpaired) electrons. The van der Waals surface area contributed by atoms with Crippen molar-refractivity contribution >= 4 is 27.4 Å². The van der Waals surface area contributed by atoms with Crippen LogP contribution in [0.15, 0.2) is 35.1 Å². The second-order valence-corrected chi connectivity index (χ2v) is 6.43. The van der Waals surface area contributed by atoms with E-state index in [1.165, 1.54) is 27.8 Å². The van der Waals surface area contributed by atoms with Crippen LogP contribution in [0.1, 0.15) is 23.3 Å². The van der Waals surface area contributed by atoms with Crippen LogP contribution in [0.3, 0.4) is 0 Å². The molecule has 1 aliphatic carbocycles. The van der Waals surface area contributed by atoms with Crippen LogP contribution in [0.25, 0.3) is 15.9 Å². The topological polar surface area (TPSA) is 60.9 Å². The predicted octanol–water partition coefficient (Wildman–Crippen LogP) is 2.91. The second kappa shape index (κ2) is 4.70. The zero-order chi connectivity index (χ0) is 14.4. The van der Waals surface area contributed by atoms with E-state index in [9.17, 15) is 4.79 Å². The van der Waals surface area contributed by atoms with Crippen molar-refractivity contribution in [1.29, 1.82) is 0 Å². The highest BCUT2D eigenvalue weighted by atomic mass is 32.1. The van der Waals surface area contributed by atoms with Crippen molar-refractivity contribution in [2.45, 2.75) is 25.7 Å². The number of thiophene rings is 1. The molecule has 0 saturated heterocycles. The summed E-state index contributed by atoms with van der Waals surface area (Å²) in [5.74, 6) is 0.524. The number of aryl methyl sites for hydroxylation is 2. The Balaban J connectivity index is 2.07. The van der Waals surface area contributed by atoms with Crippen LogP contribution < -0.4 is 11.4 Å². The number of hydrogen-bond donors (Lipinski definition) is 1. The number of para-hydroxylation sites is 1. The highest BCUT2D eigenvalue weighted by molar-refractivity contribution is 7.19. The number of rotatable bonds is 1. The molecule has 0 unspecified atom stereocenters. The van der Waals surface area contributed by atoms with Crippen molar-refractivity contribution in [3.05, 3.63) is 51.3 Å². The highest BCUT2D eigenvalue weighted by Gasteiger charge is 2.21. The van der Waals surface area contributed by atoms with Crippen LogP contribution in [0.2, 0.25) is 0 Å². The molecule has 5 heteroatoms. The van der Waals surface area contributed by atoms with E-state index in [0.29, 0.717) is 5.82 Å². The van der Waals surface area contributed by atoms with Gasteiger partial charge in [-0.05, 0) is 43.4 Å². The molecule has 4 nitrogen and oxygen atoms in total. The Kier molecular flexibility index (Phi) is 2.82. The summed E-state index contributed by atoms with van der Waals surface area (Å²) in [5.41, 5.74) is 8.12. The Morgan fingerprint density at radius 3 is 2.71 bits per heavy atom. The van der Waals surface area contributed by atoms with E-state index in [2.05, 4.69) is 4.98 Å². The Bertz CT molecular complexity index is 880. The van der Waals surface area contributed by atoms with E-state index in [-0.39, 0.29) is 5.69 Å². The first-order valence-corrected chi connectivity index (χ1v) is 7.95. The van der Waals surface area contributed by atoms with Gasteiger partial charge < -0.3 is 5.73 Å². The van der Waals surface area contributed by atoms with Crippen molar-refractivity contribution in [1.82, 2.24) is 9.55 Å². The van der Waals surface area contributed by atoms with Gasteiger partial charge >= 0.3 is 5.69 Å². The second-order valence-electron chi connectivity index (χ2n) is 5.34. The first-order chi connectivity index (χ1) is 10.3. The molecule has 1 aliphatic rings. The molecule has 0 atom stereocenters. The maximum Gasteiger partial charge on any atom is 0.355 e. The van der Waals surface area contributed by atoms with Gasteiger partial charge in [-0.1, -0.05) is 18.2 Å². The van der Waals surface area contributed by atoms with Crippen LogP contribution >= 0.6 is 11.3 Å². The van der Waals surface area contributed by atoms with E-state index in [0.717, 1.165) is 28.7 Å². The normalized spacial score (nSPS) is 14.3. The monoisotopic (exact) mass is 297 g/mol. The fraction of sp³-hybridized carbons (Fsp3) is 0.250. The Hall–Kier alpha value is -2.14. The van der Waals surface area contributed by atoms with Gasteiger partial charge in [-0.3, -0.25) is 0 Å². The van der Waals surface area contributed by atoms with Crippen molar-refractivity contribution in [3.63, 3.8) is 0 Å². The van der Waals surface area contributed by atoms with Gasteiger partial charge in [-0.2, -0.15) is 4.98 Å². The van der Waals surface area contributed by atoms with Crippen molar-refractivity contribution < 1.29 is 0 Å². The minimum Gasteiger partial charge on any atom is -0.384 e. The van der Waals surface area contributed by atoms with E-state index in [1.807, 2.05) is 30.3 Å². The summed E-state index contributed by atoms with van der Waals surface area (Å²) in [7, 11) is 0. The predicted molar refractivity (Wildman–Crippen MR) is 86.3 cm³/mol. The third kappa shape index (κ3) is 1.88. The maximum absolute atomic E-state index is 12.3. The lowest BCUT2D eigenvalue weighted by atomic mass is 9.97. The molecule has 2 N–H and O–H groups in total. The summed E-state index contributed by atoms with van der Waals surface area (Å²) >= 11 is 1.63. The van der Waals surface area contributed by atoms with Crippen LogP contribution in [-0.4, -0.2) is 9.55 Å². The largest absolute Gasteiger partial charge is 0.384 e. The third-order valence-electron chi connectivity index (χ3n) is 4.05. The number of hydrogen-bond acceptors (Lipinski definition) is 4. The minimum absolute atomic E-state index is 0.301. The molecule has 0 amide bonds. The third-order valence-corrected chi connectivity index (χ3v) is 5.24. The molecule has 106 valence electrons. The van der Waals surface area contributed by atoms with Gasteiger partial charge in [0, 0.05) is 4.88 Å². The number of anilines is 1. The van der Waals surface area contributed by atoms with Gasteiger partial charge in [-0.15, -0.1) is 11.3 Å². The summed E-state index contributed by atoms with van der Waals surface area (Å²) in [6, 6.07) is 9.47. The molecule has 1 aromatic carbocycles. The van der Waals surface area contributed by atoms with Crippen molar-refractivity contribution in [3.8, 4) is 5.69 Å². The molecule has 21 heavy (non-hydrogen) atoms. The summed E-state index contributed by atoms with van der Waals surface area (Å²) in [6.07, 6.45) is 4.51. The molecule has 0 aliphatic heterocycles. The summed E-state index contributed by atoms with van der Waals surface area (Å²) in [6.45, 7) is 0. The fourth-order valence-electron chi connectivity index (χ4n) is 3.07. The van der Waals surface area contributed by atoms with Gasteiger partial charge in [0.2, 0.25) is 0 Å². The van der Waals surface area contributed by atoms with Gasteiger partial charge in [0.25, 0.3) is 0 Å². The number of aromatic nitrogens is 2. The highest BCUT2D eigenvalue weighted by Crippen LogP contribution is 2.37. The molecular weight excluding hydrogens is 282 g/mol. The quantitative estimate of drug-likeness (QED) is 0.751. The molecule has 4 rings (SSSR count). The van der Waals surface area contributed by atoms with Gasteiger partial charge in [0.1, 0.15) is 10.6 Å². The zero-order valence-electron chi connectivity index (χ0n) is 11.5. The van der Waals surface area contributed by atoms with Crippen LogP contribution in [0, 0.1) is 0 Å². The number of nitrogen functional groups attached to an aromatic ring is 1. The standard InChI is InChI=1S/C16H15N3OS/c17-14-13-11-8-4-5-9-12(11)21-15(13)18-16(20)19(14)10-6-2-1-3-7-10/h1-3,6-7H,4-5,8-9,17H2. The van der Waals surface area contributed by atoms with Gasteiger partial charge in [0.05, 0.1) is 11.1 Å². The number of fused-ring (bicyclic) bond motifs is 3. The lowest BCUT2D eigenvalue weighted by Crippen LogP contribution is -2.24. The Labute approximate surface area is 125 Å². The lowest BCUT2D eigenvalue weighted by Gasteiger charge is -2.13.